The average molecular weight is 233 g/mol. The molecule has 0 spiro atoms. The summed E-state index contributed by atoms with van der Waals surface area (Å²) in [6, 6.07) is 5.91. The summed E-state index contributed by atoms with van der Waals surface area (Å²) in [7, 11) is 1.87. The van der Waals surface area contributed by atoms with Gasteiger partial charge in [-0.05, 0) is 40.9 Å². The van der Waals surface area contributed by atoms with Gasteiger partial charge in [-0.1, -0.05) is 6.07 Å². The van der Waals surface area contributed by atoms with E-state index in [4.69, 9.17) is 0 Å². The molecule has 4 heteroatoms. The second-order valence-electron chi connectivity index (χ2n) is 3.59. The zero-order chi connectivity index (χ0) is 11.4. The Morgan fingerprint density at radius 3 is 2.75 bits per heavy atom. The molecule has 2 N–H and O–H groups in total. The second kappa shape index (κ2) is 4.99. The Kier molecular flexibility index (Phi) is 3.41. The van der Waals surface area contributed by atoms with E-state index in [0.29, 0.717) is 0 Å². The Bertz CT molecular complexity index is 465. The summed E-state index contributed by atoms with van der Waals surface area (Å²) in [5.41, 5.74) is 2.67. The summed E-state index contributed by atoms with van der Waals surface area (Å²) in [5, 5.41) is 10.7. The minimum absolute atomic E-state index is 0.829. The first kappa shape index (κ1) is 11.0. The maximum absolute atomic E-state index is 4.40. The Morgan fingerprint density at radius 1 is 1.25 bits per heavy atom. The van der Waals surface area contributed by atoms with Crippen LogP contribution in [0.3, 0.4) is 0 Å². The monoisotopic (exact) mass is 233 g/mol. The van der Waals surface area contributed by atoms with Crippen LogP contribution in [0.15, 0.2) is 29.0 Å². The van der Waals surface area contributed by atoms with Crippen molar-refractivity contribution in [1.82, 2.24) is 4.98 Å². The Morgan fingerprint density at radius 2 is 2.06 bits per heavy atom. The van der Waals surface area contributed by atoms with Gasteiger partial charge in [-0.15, -0.1) is 0 Å². The molecule has 0 aliphatic rings. The summed E-state index contributed by atoms with van der Waals surface area (Å²) >= 11 is 1.74. The molecule has 2 aromatic rings. The predicted octanol–water partition coefficient (Wildman–Crippen LogP) is 3.11. The molecule has 0 saturated heterocycles. The van der Waals surface area contributed by atoms with Gasteiger partial charge in [0.25, 0.3) is 0 Å². The lowest BCUT2D eigenvalue weighted by molar-refractivity contribution is 1.10. The molecule has 0 unspecified atom stereocenters. The molecule has 0 atom stereocenters. The summed E-state index contributed by atoms with van der Waals surface area (Å²) in [5.74, 6) is 1.78. The summed E-state index contributed by atoms with van der Waals surface area (Å²) in [4.78, 5) is 4.40. The molecule has 0 aliphatic heterocycles. The van der Waals surface area contributed by atoms with Crippen molar-refractivity contribution in [2.45, 2.75) is 13.5 Å². The van der Waals surface area contributed by atoms with Crippen LogP contribution in [0.5, 0.6) is 0 Å². The van der Waals surface area contributed by atoms with E-state index >= 15 is 0 Å². The van der Waals surface area contributed by atoms with Crippen LogP contribution in [0.25, 0.3) is 0 Å². The zero-order valence-corrected chi connectivity index (χ0v) is 10.3. The number of rotatable bonds is 4. The summed E-state index contributed by atoms with van der Waals surface area (Å²) < 4.78 is 0. The van der Waals surface area contributed by atoms with E-state index in [2.05, 4.69) is 33.3 Å². The van der Waals surface area contributed by atoms with E-state index in [1.54, 1.807) is 11.3 Å². The minimum atomic E-state index is 0.829. The van der Waals surface area contributed by atoms with Gasteiger partial charge in [-0.3, -0.25) is 0 Å². The molecule has 3 nitrogen and oxygen atoms in total. The quantitative estimate of drug-likeness (QED) is 0.852. The fraction of sp³-hybridized carbons (Fsp3) is 0.250. The number of hydrogen-bond acceptors (Lipinski definition) is 4. The zero-order valence-electron chi connectivity index (χ0n) is 9.45. The number of thiophene rings is 1. The van der Waals surface area contributed by atoms with Gasteiger partial charge in [0.15, 0.2) is 0 Å². The minimum Gasteiger partial charge on any atom is -0.373 e. The van der Waals surface area contributed by atoms with Crippen molar-refractivity contribution >= 4 is 23.0 Å². The highest BCUT2D eigenvalue weighted by Crippen LogP contribution is 2.15. The van der Waals surface area contributed by atoms with Crippen molar-refractivity contribution in [2.75, 3.05) is 17.7 Å². The molecule has 0 fully saturated rings. The first-order valence-corrected chi connectivity index (χ1v) is 6.14. The first-order chi connectivity index (χ1) is 7.79. The molecular formula is C12H15N3S. The van der Waals surface area contributed by atoms with Crippen molar-refractivity contribution in [3.63, 3.8) is 0 Å². The highest BCUT2D eigenvalue weighted by atomic mass is 32.1. The third kappa shape index (κ3) is 2.52. The predicted molar refractivity (Wildman–Crippen MR) is 70.2 cm³/mol. The van der Waals surface area contributed by atoms with Crippen molar-refractivity contribution in [3.05, 3.63) is 40.1 Å². The van der Waals surface area contributed by atoms with Crippen LogP contribution in [0.4, 0.5) is 11.6 Å². The molecule has 2 aromatic heterocycles. The molecule has 0 bridgehead atoms. The summed E-state index contributed by atoms with van der Waals surface area (Å²) in [6.45, 7) is 2.96. The topological polar surface area (TPSA) is 37.0 Å². The maximum Gasteiger partial charge on any atom is 0.128 e. The van der Waals surface area contributed by atoms with Crippen LogP contribution >= 0.6 is 11.3 Å². The lowest BCUT2D eigenvalue weighted by Crippen LogP contribution is -2.02. The van der Waals surface area contributed by atoms with Crippen molar-refractivity contribution in [1.29, 1.82) is 0 Å². The van der Waals surface area contributed by atoms with E-state index < -0.39 is 0 Å². The van der Waals surface area contributed by atoms with Crippen LogP contribution in [0.2, 0.25) is 0 Å². The SMILES string of the molecule is CNc1cccc(NCc2cscc2C)n1. The van der Waals surface area contributed by atoms with E-state index in [-0.39, 0.29) is 0 Å². The number of anilines is 2. The van der Waals surface area contributed by atoms with E-state index in [9.17, 15) is 0 Å². The number of hydrogen-bond donors (Lipinski definition) is 2. The lowest BCUT2D eigenvalue weighted by Gasteiger charge is -2.06. The Labute approximate surface area is 99.5 Å². The van der Waals surface area contributed by atoms with Gasteiger partial charge in [0.2, 0.25) is 0 Å². The standard InChI is InChI=1S/C12H15N3S/c1-9-7-16-8-10(9)6-14-12-5-3-4-11(13-2)15-12/h3-5,7-8H,6H2,1-2H3,(H2,13,14,15). The Balaban J connectivity index is 2.02. The van der Waals surface area contributed by atoms with Crippen LogP contribution in [-0.2, 0) is 6.54 Å². The van der Waals surface area contributed by atoms with Crippen molar-refractivity contribution in [2.24, 2.45) is 0 Å². The van der Waals surface area contributed by atoms with Gasteiger partial charge < -0.3 is 10.6 Å². The molecule has 0 aliphatic carbocycles. The fourth-order valence-corrected chi connectivity index (χ4v) is 2.28. The third-order valence-electron chi connectivity index (χ3n) is 2.43. The molecule has 2 rings (SSSR count). The van der Waals surface area contributed by atoms with Crippen LogP contribution in [0, 0.1) is 6.92 Å². The number of aromatic nitrogens is 1. The highest BCUT2D eigenvalue weighted by Gasteiger charge is 2.00. The smallest absolute Gasteiger partial charge is 0.128 e. The van der Waals surface area contributed by atoms with Crippen LogP contribution < -0.4 is 10.6 Å². The number of pyridine rings is 1. The number of nitrogens with zero attached hydrogens (tertiary/aromatic N) is 1. The van der Waals surface area contributed by atoms with Gasteiger partial charge >= 0.3 is 0 Å². The number of aryl methyl sites for hydroxylation is 1. The second-order valence-corrected chi connectivity index (χ2v) is 4.34. The van der Waals surface area contributed by atoms with E-state index in [1.165, 1.54) is 11.1 Å². The van der Waals surface area contributed by atoms with Crippen LogP contribution in [-0.4, -0.2) is 12.0 Å². The van der Waals surface area contributed by atoms with Gasteiger partial charge in [0, 0.05) is 13.6 Å². The maximum atomic E-state index is 4.40. The molecule has 0 aromatic carbocycles. The van der Waals surface area contributed by atoms with Gasteiger partial charge in [-0.2, -0.15) is 11.3 Å². The largest absolute Gasteiger partial charge is 0.373 e. The van der Waals surface area contributed by atoms with Gasteiger partial charge in [0.05, 0.1) is 0 Å². The molecule has 0 radical (unpaired) electrons. The van der Waals surface area contributed by atoms with Gasteiger partial charge in [-0.25, -0.2) is 4.98 Å². The van der Waals surface area contributed by atoms with E-state index in [1.807, 2.05) is 25.2 Å². The first-order valence-electron chi connectivity index (χ1n) is 5.20. The van der Waals surface area contributed by atoms with Crippen molar-refractivity contribution in [3.8, 4) is 0 Å². The van der Waals surface area contributed by atoms with E-state index in [0.717, 1.165) is 18.2 Å². The number of nitrogens with one attached hydrogen (secondary N) is 2. The third-order valence-corrected chi connectivity index (χ3v) is 3.34. The lowest BCUT2D eigenvalue weighted by atomic mass is 10.2. The normalized spacial score (nSPS) is 10.1. The molecule has 0 amide bonds. The highest BCUT2D eigenvalue weighted by molar-refractivity contribution is 7.08. The molecular weight excluding hydrogens is 218 g/mol. The molecule has 0 saturated carbocycles. The average Bonchev–Trinajstić information content (AvgIpc) is 2.72. The van der Waals surface area contributed by atoms with Gasteiger partial charge in [0.1, 0.15) is 11.6 Å². The molecule has 16 heavy (non-hydrogen) atoms. The molecule has 2 heterocycles. The van der Waals surface area contributed by atoms with Crippen molar-refractivity contribution < 1.29 is 0 Å². The Hall–Kier alpha value is -1.55. The fourth-order valence-electron chi connectivity index (χ4n) is 1.43. The molecule has 84 valence electrons. The van der Waals surface area contributed by atoms with Crippen LogP contribution in [0.1, 0.15) is 11.1 Å². The summed E-state index contributed by atoms with van der Waals surface area (Å²) in [6.07, 6.45) is 0.